The summed E-state index contributed by atoms with van der Waals surface area (Å²) in [4.78, 5) is 11.3. The molecule has 104 valence electrons. The van der Waals surface area contributed by atoms with Crippen LogP contribution in [-0.2, 0) is 6.42 Å². The minimum atomic E-state index is -0.289. The number of nitro groups is 1. The zero-order chi connectivity index (χ0) is 14.2. The van der Waals surface area contributed by atoms with Gasteiger partial charge in [0.05, 0.1) is 0 Å². The molecule has 0 spiro atoms. The van der Waals surface area contributed by atoms with Crippen LogP contribution in [0.1, 0.15) is 37.0 Å². The largest absolute Gasteiger partial charge is 0.488 e. The van der Waals surface area contributed by atoms with Crippen LogP contribution in [0.2, 0.25) is 0 Å². The van der Waals surface area contributed by atoms with Crippen LogP contribution >= 0.6 is 11.8 Å². The van der Waals surface area contributed by atoms with Crippen LogP contribution in [0.3, 0.4) is 0 Å². The van der Waals surface area contributed by atoms with Crippen LogP contribution in [0.4, 0.5) is 0 Å². The molecule has 0 N–H and O–H groups in total. The zero-order valence-electron chi connectivity index (χ0n) is 11.8. The van der Waals surface area contributed by atoms with Gasteiger partial charge in [0.2, 0.25) is 0 Å². The second-order valence-electron chi connectivity index (χ2n) is 5.59. The van der Waals surface area contributed by atoms with Gasteiger partial charge in [0, 0.05) is 9.82 Å². The van der Waals surface area contributed by atoms with Gasteiger partial charge < -0.3 is 4.74 Å². The Labute approximate surface area is 117 Å². The van der Waals surface area contributed by atoms with Crippen molar-refractivity contribution in [2.75, 3.05) is 5.88 Å². The Hall–Kier alpha value is -1.23. The summed E-state index contributed by atoms with van der Waals surface area (Å²) in [6.45, 7) is 8.21. The number of nitrogens with zero attached hydrogens (tertiary/aromatic N) is 1. The van der Waals surface area contributed by atoms with E-state index in [2.05, 4.69) is 13.8 Å². The molecule has 0 radical (unpaired) electrons. The van der Waals surface area contributed by atoms with Crippen molar-refractivity contribution < 1.29 is 9.66 Å². The average molecular weight is 281 g/mol. The summed E-state index contributed by atoms with van der Waals surface area (Å²) in [5, 5.41) is 10.5. The van der Waals surface area contributed by atoms with Gasteiger partial charge in [0.1, 0.15) is 11.4 Å². The number of aryl methyl sites for hydroxylation is 1. The summed E-state index contributed by atoms with van der Waals surface area (Å²) in [7, 11) is 0. The van der Waals surface area contributed by atoms with Crippen LogP contribution in [0, 0.1) is 24.0 Å². The summed E-state index contributed by atoms with van der Waals surface area (Å²) in [6, 6.07) is 2.02. The van der Waals surface area contributed by atoms with E-state index in [4.69, 9.17) is 4.74 Å². The number of rotatable bonds is 3. The first kappa shape index (κ1) is 14.2. The number of hydrogen-bond donors (Lipinski definition) is 0. The van der Waals surface area contributed by atoms with E-state index in [1.165, 1.54) is 17.3 Å². The van der Waals surface area contributed by atoms with E-state index < -0.39 is 0 Å². The molecule has 19 heavy (non-hydrogen) atoms. The molecule has 2 rings (SSSR count). The first-order valence-corrected chi connectivity index (χ1v) is 7.35. The number of benzene rings is 1. The van der Waals surface area contributed by atoms with Crippen molar-refractivity contribution in [1.29, 1.82) is 0 Å². The zero-order valence-corrected chi connectivity index (χ0v) is 12.6. The lowest BCUT2D eigenvalue weighted by molar-refractivity contribution is -0.456. The molecule has 1 heterocycles. The summed E-state index contributed by atoms with van der Waals surface area (Å²) < 4.78 is 6.02. The van der Waals surface area contributed by atoms with E-state index in [0.717, 1.165) is 34.6 Å². The lowest BCUT2D eigenvalue weighted by Gasteiger charge is -2.34. The lowest BCUT2D eigenvalue weighted by Crippen LogP contribution is -2.33. The average Bonchev–Trinajstić information content (AvgIpc) is 2.26. The van der Waals surface area contributed by atoms with Crippen LogP contribution in [0.25, 0.3) is 0 Å². The number of hydrogen-bond acceptors (Lipinski definition) is 4. The maximum absolute atomic E-state index is 10.5. The van der Waals surface area contributed by atoms with Crippen molar-refractivity contribution in [3.05, 3.63) is 32.9 Å². The van der Waals surface area contributed by atoms with Crippen molar-refractivity contribution in [3.63, 3.8) is 0 Å². The predicted octanol–water partition coefficient (Wildman–Crippen LogP) is 3.73. The van der Waals surface area contributed by atoms with Crippen molar-refractivity contribution >= 4 is 11.8 Å². The van der Waals surface area contributed by atoms with Gasteiger partial charge in [-0.3, -0.25) is 10.1 Å². The summed E-state index contributed by atoms with van der Waals surface area (Å²) in [5.74, 6) is 0.851. The summed E-state index contributed by atoms with van der Waals surface area (Å²) >= 11 is 1.30. The van der Waals surface area contributed by atoms with Crippen LogP contribution in [0.15, 0.2) is 11.0 Å². The van der Waals surface area contributed by atoms with E-state index in [-0.39, 0.29) is 16.4 Å². The highest BCUT2D eigenvalue weighted by atomic mass is 32.2. The molecule has 1 aromatic carbocycles. The topological polar surface area (TPSA) is 52.4 Å². The Kier molecular flexibility index (Phi) is 3.76. The third-order valence-electron chi connectivity index (χ3n) is 3.47. The molecule has 0 fully saturated rings. The molecular weight excluding hydrogens is 262 g/mol. The molecule has 0 saturated carbocycles. The Morgan fingerprint density at radius 1 is 1.47 bits per heavy atom. The molecule has 0 unspecified atom stereocenters. The molecule has 0 bridgehead atoms. The number of thioether (sulfide) groups is 1. The van der Waals surface area contributed by atoms with Crippen molar-refractivity contribution in [2.45, 2.75) is 51.0 Å². The minimum absolute atomic E-state index is 0.0905. The molecule has 0 atom stereocenters. The smallest absolute Gasteiger partial charge is 0.253 e. The number of ether oxygens (including phenoxy) is 1. The molecule has 0 amide bonds. The molecule has 0 saturated heterocycles. The first-order chi connectivity index (χ1) is 8.80. The van der Waals surface area contributed by atoms with Crippen LogP contribution in [-0.4, -0.2) is 16.4 Å². The van der Waals surface area contributed by atoms with E-state index >= 15 is 0 Å². The Morgan fingerprint density at radius 2 is 2.16 bits per heavy atom. The highest BCUT2D eigenvalue weighted by Crippen LogP contribution is 2.40. The van der Waals surface area contributed by atoms with Crippen LogP contribution in [0.5, 0.6) is 5.75 Å². The summed E-state index contributed by atoms with van der Waals surface area (Å²) in [5.41, 5.74) is 3.27. The molecule has 1 aliphatic heterocycles. The highest BCUT2D eigenvalue weighted by Gasteiger charge is 2.29. The second kappa shape index (κ2) is 5.04. The predicted molar refractivity (Wildman–Crippen MR) is 76.7 cm³/mol. The first-order valence-electron chi connectivity index (χ1n) is 6.37. The molecule has 4 nitrogen and oxygen atoms in total. The second-order valence-corrected chi connectivity index (χ2v) is 6.55. The third-order valence-corrected chi connectivity index (χ3v) is 4.73. The lowest BCUT2D eigenvalue weighted by atomic mass is 9.91. The van der Waals surface area contributed by atoms with Gasteiger partial charge in [-0.2, -0.15) is 0 Å². The highest BCUT2D eigenvalue weighted by molar-refractivity contribution is 7.99. The standard InChI is InChI=1S/C14H19NO3S/c1-9-7-12-11(5-6-14(3,4)18-12)10(2)13(9)19-8-15(16)17/h7H,5-6,8H2,1-4H3. The third kappa shape index (κ3) is 3.03. The van der Waals surface area contributed by atoms with Crippen molar-refractivity contribution in [3.8, 4) is 5.75 Å². The Morgan fingerprint density at radius 3 is 2.79 bits per heavy atom. The van der Waals surface area contributed by atoms with Crippen LogP contribution < -0.4 is 4.74 Å². The minimum Gasteiger partial charge on any atom is -0.488 e. The molecule has 1 aliphatic rings. The molecule has 5 heteroatoms. The van der Waals surface area contributed by atoms with Gasteiger partial charge in [-0.05, 0) is 75.1 Å². The van der Waals surface area contributed by atoms with Gasteiger partial charge in [0.25, 0.3) is 5.88 Å². The van der Waals surface area contributed by atoms with Gasteiger partial charge in [-0.15, -0.1) is 0 Å². The van der Waals surface area contributed by atoms with Crippen molar-refractivity contribution in [2.24, 2.45) is 0 Å². The molecular formula is C14H19NO3S. The molecule has 0 aromatic heterocycles. The van der Waals surface area contributed by atoms with Gasteiger partial charge in [0.15, 0.2) is 0 Å². The number of fused-ring (bicyclic) bond motifs is 1. The monoisotopic (exact) mass is 281 g/mol. The van der Waals surface area contributed by atoms with Gasteiger partial charge in [-0.1, -0.05) is 0 Å². The maximum atomic E-state index is 10.5. The molecule has 0 aliphatic carbocycles. The summed E-state index contributed by atoms with van der Waals surface area (Å²) in [6.07, 6.45) is 1.95. The van der Waals surface area contributed by atoms with E-state index in [1.807, 2.05) is 19.9 Å². The maximum Gasteiger partial charge on any atom is 0.253 e. The fraction of sp³-hybridized carbons (Fsp3) is 0.571. The normalized spacial score (nSPS) is 16.6. The quantitative estimate of drug-likeness (QED) is 0.366. The van der Waals surface area contributed by atoms with E-state index in [9.17, 15) is 10.1 Å². The fourth-order valence-electron chi connectivity index (χ4n) is 2.48. The van der Waals surface area contributed by atoms with E-state index in [0.29, 0.717) is 0 Å². The Bertz CT molecular complexity index is 526. The molecule has 1 aromatic rings. The SMILES string of the molecule is Cc1cc2c(c(C)c1SC[N+](=O)[O-])CCC(C)(C)O2. The van der Waals surface area contributed by atoms with Crippen molar-refractivity contribution in [1.82, 2.24) is 0 Å². The van der Waals surface area contributed by atoms with Gasteiger partial charge in [-0.25, -0.2) is 0 Å². The fourth-order valence-corrected chi connectivity index (χ4v) is 3.34. The van der Waals surface area contributed by atoms with E-state index in [1.54, 1.807) is 0 Å². The van der Waals surface area contributed by atoms with Gasteiger partial charge >= 0.3 is 0 Å². The Balaban J connectivity index is 2.37.